The Kier molecular flexibility index (Phi) is 4.60. The molecule has 0 saturated carbocycles. The number of hydrogen-bond donors (Lipinski definition) is 0. The van der Waals surface area contributed by atoms with Crippen molar-refractivity contribution >= 4 is 24.1 Å². The number of nitrogens with zero attached hydrogens (tertiary/aromatic N) is 2. The molecule has 0 aromatic carbocycles. The van der Waals surface area contributed by atoms with Crippen molar-refractivity contribution in [2.45, 2.75) is 0 Å². The lowest BCUT2D eigenvalue weighted by atomic mass is 10.8. The summed E-state index contributed by atoms with van der Waals surface area (Å²) in [6, 6.07) is 0. The van der Waals surface area contributed by atoms with Gasteiger partial charge in [0.1, 0.15) is 0 Å². The van der Waals surface area contributed by atoms with Crippen molar-refractivity contribution in [3.8, 4) is 0 Å². The molecule has 0 spiro atoms. The van der Waals surface area contributed by atoms with Crippen molar-refractivity contribution < 1.29 is 21.6 Å². The summed E-state index contributed by atoms with van der Waals surface area (Å²) in [5, 5.41) is 0. The molecule has 0 bridgehead atoms. The Morgan fingerprint density at radius 3 is 1.60 bits per heavy atom. The third-order valence-corrected chi connectivity index (χ3v) is 5.39. The first-order valence-electron chi connectivity index (χ1n) is 3.71. The van der Waals surface area contributed by atoms with Gasteiger partial charge in [0.05, 0.1) is 11.5 Å². The van der Waals surface area contributed by atoms with Gasteiger partial charge in [-0.1, -0.05) is 12.2 Å². The highest BCUT2D eigenvalue weighted by Crippen LogP contribution is 2.03. The summed E-state index contributed by atoms with van der Waals surface area (Å²) in [5.41, 5.74) is 8.41. The molecule has 84 valence electrons. The summed E-state index contributed by atoms with van der Waals surface area (Å²) in [5.74, 6) is -1.22. The fraction of sp³-hybridized carbons (Fsp3) is 0.286. The summed E-state index contributed by atoms with van der Waals surface area (Å²) >= 11 is 0. The standard InChI is InChI=1S/C7H10N2O4S2/c1-3-5-14(10,11)7(9-8)15(12,13)6-4-2/h3-4H,1-2,5-6H2. The second-order valence-corrected chi connectivity index (χ2v) is 6.66. The van der Waals surface area contributed by atoms with E-state index in [2.05, 4.69) is 17.9 Å². The summed E-state index contributed by atoms with van der Waals surface area (Å²) < 4.78 is 44.0. The zero-order valence-electron chi connectivity index (χ0n) is 7.83. The van der Waals surface area contributed by atoms with E-state index in [4.69, 9.17) is 5.53 Å². The molecule has 0 aliphatic carbocycles. The maximum absolute atomic E-state index is 11.3. The Morgan fingerprint density at radius 1 is 1.07 bits per heavy atom. The fourth-order valence-corrected chi connectivity index (χ4v) is 3.88. The van der Waals surface area contributed by atoms with Crippen LogP contribution in [0.5, 0.6) is 0 Å². The molecule has 0 amide bonds. The first-order valence-corrected chi connectivity index (χ1v) is 7.01. The molecule has 0 saturated heterocycles. The van der Waals surface area contributed by atoms with Crippen molar-refractivity contribution in [1.29, 1.82) is 0 Å². The van der Waals surface area contributed by atoms with Crippen LogP contribution < -0.4 is 0 Å². The van der Waals surface area contributed by atoms with Gasteiger partial charge in [0, 0.05) is 0 Å². The average Bonchev–Trinajstić information content (AvgIpc) is 2.02. The van der Waals surface area contributed by atoms with Gasteiger partial charge in [-0.3, -0.25) is 0 Å². The van der Waals surface area contributed by atoms with E-state index in [0.29, 0.717) is 0 Å². The van der Waals surface area contributed by atoms with Crippen molar-refractivity contribution in [3.63, 3.8) is 0 Å². The Morgan fingerprint density at radius 2 is 1.40 bits per heavy atom. The van der Waals surface area contributed by atoms with Crippen LogP contribution in [0.2, 0.25) is 0 Å². The van der Waals surface area contributed by atoms with E-state index in [9.17, 15) is 16.8 Å². The summed E-state index contributed by atoms with van der Waals surface area (Å²) in [7, 11) is -8.31. The van der Waals surface area contributed by atoms with Crippen LogP contribution in [0.1, 0.15) is 0 Å². The van der Waals surface area contributed by atoms with Gasteiger partial charge in [0.2, 0.25) is 0 Å². The smallest absolute Gasteiger partial charge is 0.359 e. The maximum Gasteiger partial charge on any atom is 0.495 e. The lowest BCUT2D eigenvalue weighted by molar-refractivity contribution is 0.00385. The Labute approximate surface area is 88.4 Å². The molecule has 8 heteroatoms. The molecule has 0 unspecified atom stereocenters. The van der Waals surface area contributed by atoms with Gasteiger partial charge < -0.3 is 5.53 Å². The topological polar surface area (TPSA) is 105 Å². The van der Waals surface area contributed by atoms with E-state index in [1.807, 2.05) is 0 Å². The quantitative estimate of drug-likeness (QED) is 0.226. The first kappa shape index (κ1) is 13.8. The maximum atomic E-state index is 11.3. The van der Waals surface area contributed by atoms with E-state index < -0.39 is 35.6 Å². The molecule has 0 N–H and O–H groups in total. The molecule has 0 aliphatic heterocycles. The van der Waals surface area contributed by atoms with E-state index in [-0.39, 0.29) is 0 Å². The molecule has 0 aliphatic rings. The van der Waals surface area contributed by atoms with Gasteiger partial charge in [-0.15, -0.1) is 17.9 Å². The molecular formula is C7H10N2O4S2. The molecule has 0 aromatic rings. The Bertz CT molecular complexity index is 467. The molecule has 0 heterocycles. The van der Waals surface area contributed by atoms with Crippen molar-refractivity contribution in [3.05, 3.63) is 30.8 Å². The van der Waals surface area contributed by atoms with Crippen LogP contribution >= 0.6 is 0 Å². The minimum absolute atomic E-state index is 0.608. The lowest BCUT2D eigenvalue weighted by Crippen LogP contribution is -2.28. The number of rotatable bonds is 4. The van der Waals surface area contributed by atoms with Crippen molar-refractivity contribution in [2.24, 2.45) is 0 Å². The molecule has 0 fully saturated rings. The first-order chi connectivity index (χ1) is 6.81. The predicted octanol–water partition coefficient (Wildman–Crippen LogP) is -0.226. The van der Waals surface area contributed by atoms with Crippen LogP contribution in [0.3, 0.4) is 0 Å². The van der Waals surface area contributed by atoms with Gasteiger partial charge in [-0.2, -0.15) is 0 Å². The second-order valence-electron chi connectivity index (χ2n) is 2.51. The van der Waals surface area contributed by atoms with Crippen molar-refractivity contribution in [2.75, 3.05) is 11.5 Å². The molecule has 0 rings (SSSR count). The molecule has 0 atom stereocenters. The minimum Gasteiger partial charge on any atom is -0.359 e. The lowest BCUT2D eigenvalue weighted by Gasteiger charge is -1.95. The van der Waals surface area contributed by atoms with Crippen LogP contribution in [-0.4, -0.2) is 37.5 Å². The van der Waals surface area contributed by atoms with Gasteiger partial charge in [0.25, 0.3) is 19.7 Å². The number of sulfone groups is 2. The van der Waals surface area contributed by atoms with Crippen LogP contribution in [0.25, 0.3) is 5.53 Å². The van der Waals surface area contributed by atoms with Crippen LogP contribution in [0, 0.1) is 0 Å². The highest BCUT2D eigenvalue weighted by atomic mass is 32.3. The fourth-order valence-electron chi connectivity index (χ4n) is 0.771. The van der Waals surface area contributed by atoms with E-state index in [0.717, 1.165) is 12.2 Å². The van der Waals surface area contributed by atoms with Crippen LogP contribution in [0.15, 0.2) is 25.3 Å². The molecule has 15 heavy (non-hydrogen) atoms. The normalized spacial score (nSPS) is 11.5. The summed E-state index contributed by atoms with van der Waals surface area (Å²) in [4.78, 5) is 2.31. The third kappa shape index (κ3) is 3.43. The largest absolute Gasteiger partial charge is 0.495 e. The summed E-state index contributed by atoms with van der Waals surface area (Å²) in [6.07, 6.45) is 2.01. The van der Waals surface area contributed by atoms with E-state index >= 15 is 0 Å². The Hall–Kier alpha value is -1.24. The molecule has 6 nitrogen and oxygen atoms in total. The predicted molar refractivity (Wildman–Crippen MR) is 56.6 cm³/mol. The zero-order valence-corrected chi connectivity index (χ0v) is 9.46. The van der Waals surface area contributed by atoms with Crippen LogP contribution in [0.4, 0.5) is 0 Å². The number of hydrogen-bond acceptors (Lipinski definition) is 4. The second kappa shape index (κ2) is 5.01. The minimum atomic E-state index is -4.16. The van der Waals surface area contributed by atoms with E-state index in [1.54, 1.807) is 0 Å². The molecule has 0 radical (unpaired) electrons. The average molecular weight is 250 g/mol. The summed E-state index contributed by atoms with van der Waals surface area (Å²) in [6.45, 7) is 6.32. The van der Waals surface area contributed by atoms with Crippen molar-refractivity contribution in [1.82, 2.24) is 0 Å². The zero-order chi connectivity index (χ0) is 12.1. The monoisotopic (exact) mass is 250 g/mol. The third-order valence-electron chi connectivity index (χ3n) is 1.29. The van der Waals surface area contributed by atoms with Gasteiger partial charge in [-0.25, -0.2) is 16.8 Å². The van der Waals surface area contributed by atoms with Gasteiger partial charge in [0.15, 0.2) is 0 Å². The SMILES string of the molecule is C=CCS(=O)(=O)C(=[N+]=[N-])S(=O)(=O)CC=C. The van der Waals surface area contributed by atoms with Gasteiger partial charge in [-0.05, 0) is 0 Å². The molecule has 0 aromatic heterocycles. The highest BCUT2D eigenvalue weighted by molar-refractivity contribution is 8.31. The van der Waals surface area contributed by atoms with Crippen LogP contribution in [-0.2, 0) is 19.7 Å². The molecular weight excluding hydrogens is 240 g/mol. The Balaban J connectivity index is 5.60. The highest BCUT2D eigenvalue weighted by Gasteiger charge is 2.39. The van der Waals surface area contributed by atoms with E-state index in [1.165, 1.54) is 0 Å². The van der Waals surface area contributed by atoms with Gasteiger partial charge >= 0.3 is 4.38 Å².